The van der Waals surface area contributed by atoms with Crippen molar-refractivity contribution in [3.8, 4) is 5.69 Å². The number of benzene rings is 1. The molecule has 7 heteroatoms. The largest absolute Gasteiger partial charge is 0.372 e. The van der Waals surface area contributed by atoms with Crippen LogP contribution in [-0.4, -0.2) is 56.3 Å². The van der Waals surface area contributed by atoms with Gasteiger partial charge in [-0.05, 0) is 42.0 Å². The number of amides is 1. The molecule has 2 heterocycles. The highest BCUT2D eigenvalue weighted by molar-refractivity contribution is 5.79. The molecule has 0 bridgehead atoms. The minimum atomic E-state index is 0.0925. The van der Waals surface area contributed by atoms with Gasteiger partial charge in [0.25, 0.3) is 0 Å². The summed E-state index contributed by atoms with van der Waals surface area (Å²) in [5.41, 5.74) is 1.85. The Labute approximate surface area is 128 Å². The van der Waals surface area contributed by atoms with Crippen LogP contribution in [0.15, 0.2) is 30.6 Å². The molecule has 1 aliphatic rings. The van der Waals surface area contributed by atoms with E-state index in [2.05, 4.69) is 15.5 Å². The van der Waals surface area contributed by atoms with Crippen LogP contribution in [0.4, 0.5) is 0 Å². The predicted octanol–water partition coefficient (Wildman–Crippen LogP) is 0.841. The van der Waals surface area contributed by atoms with E-state index in [1.165, 1.54) is 6.33 Å². The van der Waals surface area contributed by atoms with Crippen LogP contribution in [0.25, 0.3) is 5.69 Å². The van der Waals surface area contributed by atoms with Crippen molar-refractivity contribution < 1.29 is 9.53 Å². The number of rotatable bonds is 3. The molecule has 7 nitrogen and oxygen atoms in total. The lowest BCUT2D eigenvalue weighted by molar-refractivity contribution is -0.142. The van der Waals surface area contributed by atoms with Crippen molar-refractivity contribution in [1.29, 1.82) is 0 Å². The van der Waals surface area contributed by atoms with Crippen LogP contribution in [0.2, 0.25) is 0 Å². The monoisotopic (exact) mass is 301 g/mol. The molecule has 1 saturated heterocycles. The Morgan fingerprint density at radius 2 is 1.91 bits per heavy atom. The molecule has 1 aromatic heterocycles. The summed E-state index contributed by atoms with van der Waals surface area (Å²) in [5, 5.41) is 11.0. The highest BCUT2D eigenvalue weighted by Gasteiger charge is 2.25. The Kier molecular flexibility index (Phi) is 4.15. The zero-order valence-corrected chi connectivity index (χ0v) is 12.7. The summed E-state index contributed by atoms with van der Waals surface area (Å²) in [4.78, 5) is 14.3. The number of ether oxygens (including phenoxy) is 1. The number of tetrazole rings is 1. The Balaban J connectivity index is 1.64. The molecule has 1 fully saturated rings. The zero-order valence-electron chi connectivity index (χ0n) is 12.7. The van der Waals surface area contributed by atoms with Gasteiger partial charge < -0.3 is 9.64 Å². The topological polar surface area (TPSA) is 73.1 Å². The minimum absolute atomic E-state index is 0.0925. The molecule has 1 amide bonds. The van der Waals surface area contributed by atoms with E-state index >= 15 is 0 Å². The van der Waals surface area contributed by atoms with Crippen LogP contribution in [0.1, 0.15) is 19.4 Å². The van der Waals surface area contributed by atoms with Crippen LogP contribution < -0.4 is 0 Å². The molecular formula is C15H19N5O2. The van der Waals surface area contributed by atoms with Crippen molar-refractivity contribution in [2.24, 2.45) is 0 Å². The molecule has 0 saturated carbocycles. The molecular weight excluding hydrogens is 282 g/mol. The number of morpholine rings is 1. The van der Waals surface area contributed by atoms with Gasteiger partial charge in [0, 0.05) is 13.1 Å². The van der Waals surface area contributed by atoms with E-state index in [1.54, 1.807) is 4.68 Å². The van der Waals surface area contributed by atoms with Gasteiger partial charge in [-0.2, -0.15) is 0 Å². The fourth-order valence-electron chi connectivity index (χ4n) is 2.71. The second kappa shape index (κ2) is 6.23. The molecule has 0 spiro atoms. The highest BCUT2D eigenvalue weighted by atomic mass is 16.5. The molecule has 2 atom stereocenters. The maximum atomic E-state index is 12.4. The van der Waals surface area contributed by atoms with E-state index in [0.717, 1.165) is 11.3 Å². The molecule has 0 unspecified atom stereocenters. The number of aromatic nitrogens is 4. The number of hydrogen-bond acceptors (Lipinski definition) is 5. The van der Waals surface area contributed by atoms with Gasteiger partial charge in [0.2, 0.25) is 5.91 Å². The molecule has 3 rings (SSSR count). The van der Waals surface area contributed by atoms with Crippen molar-refractivity contribution in [3.05, 3.63) is 36.2 Å². The van der Waals surface area contributed by atoms with Crippen LogP contribution in [0.5, 0.6) is 0 Å². The smallest absolute Gasteiger partial charge is 0.227 e. The third-order valence-corrected chi connectivity index (χ3v) is 3.68. The van der Waals surface area contributed by atoms with Crippen LogP contribution in [0.3, 0.4) is 0 Å². The quantitative estimate of drug-likeness (QED) is 0.840. The average molecular weight is 301 g/mol. The molecule has 0 aliphatic carbocycles. The molecule has 116 valence electrons. The van der Waals surface area contributed by atoms with E-state index in [0.29, 0.717) is 19.5 Å². The summed E-state index contributed by atoms with van der Waals surface area (Å²) < 4.78 is 7.24. The predicted molar refractivity (Wildman–Crippen MR) is 79.4 cm³/mol. The number of carbonyl (C=O) groups is 1. The van der Waals surface area contributed by atoms with E-state index in [4.69, 9.17) is 4.74 Å². The fourth-order valence-corrected chi connectivity index (χ4v) is 2.71. The highest BCUT2D eigenvalue weighted by Crippen LogP contribution is 2.14. The lowest BCUT2D eigenvalue weighted by Gasteiger charge is -2.35. The Bertz CT molecular complexity index is 616. The lowest BCUT2D eigenvalue weighted by atomic mass is 10.1. The van der Waals surface area contributed by atoms with Crippen LogP contribution in [-0.2, 0) is 16.0 Å². The second-order valence-corrected chi connectivity index (χ2v) is 5.65. The van der Waals surface area contributed by atoms with Gasteiger partial charge in [0.1, 0.15) is 6.33 Å². The molecule has 1 aromatic carbocycles. The van der Waals surface area contributed by atoms with Gasteiger partial charge in [-0.15, -0.1) is 5.10 Å². The Morgan fingerprint density at radius 1 is 1.23 bits per heavy atom. The molecule has 1 aliphatic heterocycles. The first-order valence-corrected chi connectivity index (χ1v) is 7.37. The van der Waals surface area contributed by atoms with E-state index in [1.807, 2.05) is 43.0 Å². The van der Waals surface area contributed by atoms with Crippen molar-refractivity contribution >= 4 is 5.91 Å². The van der Waals surface area contributed by atoms with Crippen molar-refractivity contribution in [2.75, 3.05) is 13.1 Å². The fraction of sp³-hybridized carbons (Fsp3) is 0.467. The Hall–Kier alpha value is -2.28. The van der Waals surface area contributed by atoms with Gasteiger partial charge in [-0.25, -0.2) is 4.68 Å². The number of nitrogens with zero attached hydrogens (tertiary/aromatic N) is 5. The first-order valence-electron chi connectivity index (χ1n) is 7.37. The molecule has 22 heavy (non-hydrogen) atoms. The van der Waals surface area contributed by atoms with Crippen LogP contribution >= 0.6 is 0 Å². The summed E-state index contributed by atoms with van der Waals surface area (Å²) in [6.45, 7) is 5.31. The summed E-state index contributed by atoms with van der Waals surface area (Å²) in [7, 11) is 0. The molecule has 0 N–H and O–H groups in total. The standard InChI is InChI=1S/C15H19N5O2/c1-11-8-19(9-12(2)22-11)15(21)7-13-3-5-14(6-4-13)20-10-16-17-18-20/h3-6,10-12H,7-9H2,1-2H3/t11-,12-/m0/s1. The SMILES string of the molecule is C[C@H]1CN(C(=O)Cc2ccc(-n3cnnn3)cc2)C[C@H](C)O1. The maximum Gasteiger partial charge on any atom is 0.227 e. The summed E-state index contributed by atoms with van der Waals surface area (Å²) in [5.74, 6) is 0.136. The normalized spacial score (nSPS) is 21.8. The first kappa shape index (κ1) is 14.6. The van der Waals surface area contributed by atoms with Gasteiger partial charge in [-0.1, -0.05) is 12.1 Å². The first-order chi connectivity index (χ1) is 10.6. The van der Waals surface area contributed by atoms with E-state index < -0.39 is 0 Å². The maximum absolute atomic E-state index is 12.4. The van der Waals surface area contributed by atoms with E-state index in [-0.39, 0.29) is 18.1 Å². The Morgan fingerprint density at radius 3 is 2.50 bits per heavy atom. The third-order valence-electron chi connectivity index (χ3n) is 3.68. The lowest BCUT2D eigenvalue weighted by Crippen LogP contribution is -2.48. The van der Waals surface area contributed by atoms with Gasteiger partial charge in [0.15, 0.2) is 0 Å². The zero-order chi connectivity index (χ0) is 15.5. The summed E-state index contributed by atoms with van der Waals surface area (Å²) >= 11 is 0. The van der Waals surface area contributed by atoms with Gasteiger partial charge in [0.05, 0.1) is 24.3 Å². The summed E-state index contributed by atoms with van der Waals surface area (Å²) in [6, 6.07) is 7.68. The summed E-state index contributed by atoms with van der Waals surface area (Å²) in [6.07, 6.45) is 2.12. The molecule has 2 aromatic rings. The minimum Gasteiger partial charge on any atom is -0.372 e. The third kappa shape index (κ3) is 3.30. The van der Waals surface area contributed by atoms with Crippen molar-refractivity contribution in [1.82, 2.24) is 25.1 Å². The van der Waals surface area contributed by atoms with Crippen LogP contribution in [0, 0.1) is 0 Å². The van der Waals surface area contributed by atoms with Crippen molar-refractivity contribution in [2.45, 2.75) is 32.5 Å². The number of hydrogen-bond donors (Lipinski definition) is 0. The van der Waals surface area contributed by atoms with Gasteiger partial charge >= 0.3 is 0 Å². The average Bonchev–Trinajstić information content (AvgIpc) is 3.01. The molecule has 0 radical (unpaired) electrons. The van der Waals surface area contributed by atoms with Crippen molar-refractivity contribution in [3.63, 3.8) is 0 Å². The second-order valence-electron chi connectivity index (χ2n) is 5.65. The van der Waals surface area contributed by atoms with E-state index in [9.17, 15) is 4.79 Å². The van der Waals surface area contributed by atoms with Gasteiger partial charge in [-0.3, -0.25) is 4.79 Å². The number of carbonyl (C=O) groups excluding carboxylic acids is 1.